The summed E-state index contributed by atoms with van der Waals surface area (Å²) in [5.74, 6) is -1.64. The van der Waals surface area contributed by atoms with Gasteiger partial charge in [-0.25, -0.2) is 13.8 Å². The van der Waals surface area contributed by atoms with Crippen LogP contribution >= 0.6 is 0 Å². The minimum Gasteiger partial charge on any atom is -0.326 e. The van der Waals surface area contributed by atoms with Gasteiger partial charge >= 0.3 is 0 Å². The number of carbonyl (C=O) groups is 1. The Morgan fingerprint density at radius 3 is 2.65 bits per heavy atom. The van der Waals surface area contributed by atoms with Gasteiger partial charge in [-0.2, -0.15) is 0 Å². The lowest BCUT2D eigenvalue weighted by Crippen LogP contribution is -2.16. The molecule has 0 bridgehead atoms. The van der Waals surface area contributed by atoms with Crippen molar-refractivity contribution in [3.8, 4) is 0 Å². The SMILES string of the molecule is O=C(Nc1ccc(F)c(F)c1)c1ccc(N2CCc3ccccc32)nc1. The van der Waals surface area contributed by atoms with E-state index >= 15 is 0 Å². The fraction of sp³-hybridized carbons (Fsp3) is 0.100. The summed E-state index contributed by atoms with van der Waals surface area (Å²) in [4.78, 5) is 18.7. The smallest absolute Gasteiger partial charge is 0.257 e. The van der Waals surface area contributed by atoms with E-state index in [1.54, 1.807) is 12.1 Å². The molecule has 1 aromatic heterocycles. The third kappa shape index (κ3) is 3.01. The quantitative estimate of drug-likeness (QED) is 0.765. The summed E-state index contributed by atoms with van der Waals surface area (Å²) in [7, 11) is 0. The molecule has 0 aliphatic carbocycles. The standard InChI is InChI=1S/C20H15F2N3O/c21-16-7-6-15(11-17(16)22)24-20(26)14-5-8-19(23-12-14)25-10-9-13-3-1-2-4-18(13)25/h1-8,11-12H,9-10H2,(H,24,26). The van der Waals surface area contributed by atoms with Crippen molar-refractivity contribution in [3.05, 3.63) is 83.6 Å². The zero-order chi connectivity index (χ0) is 18.1. The predicted molar refractivity (Wildman–Crippen MR) is 95.7 cm³/mol. The second-order valence-electron chi connectivity index (χ2n) is 6.02. The lowest BCUT2D eigenvalue weighted by molar-refractivity contribution is 0.102. The topological polar surface area (TPSA) is 45.2 Å². The van der Waals surface area contributed by atoms with Crippen LogP contribution in [0.5, 0.6) is 0 Å². The van der Waals surface area contributed by atoms with E-state index in [9.17, 15) is 13.6 Å². The van der Waals surface area contributed by atoms with Gasteiger partial charge in [0.2, 0.25) is 0 Å². The highest BCUT2D eigenvalue weighted by molar-refractivity contribution is 6.04. The van der Waals surface area contributed by atoms with Gasteiger partial charge in [0.25, 0.3) is 5.91 Å². The fourth-order valence-corrected chi connectivity index (χ4v) is 3.03. The first-order valence-electron chi connectivity index (χ1n) is 8.20. The summed E-state index contributed by atoms with van der Waals surface area (Å²) in [5.41, 5.74) is 2.92. The first-order valence-corrected chi connectivity index (χ1v) is 8.20. The molecule has 26 heavy (non-hydrogen) atoms. The van der Waals surface area contributed by atoms with Gasteiger partial charge in [-0.1, -0.05) is 18.2 Å². The maximum Gasteiger partial charge on any atom is 0.257 e. The Balaban J connectivity index is 1.51. The molecule has 0 saturated heterocycles. The summed E-state index contributed by atoms with van der Waals surface area (Å²) in [6, 6.07) is 14.8. The summed E-state index contributed by atoms with van der Waals surface area (Å²) < 4.78 is 26.2. The Kier molecular flexibility index (Phi) is 4.08. The largest absolute Gasteiger partial charge is 0.326 e. The number of aromatic nitrogens is 1. The molecule has 2 heterocycles. The van der Waals surface area contributed by atoms with Gasteiger partial charge in [0, 0.05) is 30.2 Å². The van der Waals surface area contributed by atoms with Crippen molar-refractivity contribution < 1.29 is 13.6 Å². The molecule has 0 saturated carbocycles. The number of rotatable bonds is 3. The van der Waals surface area contributed by atoms with Gasteiger partial charge in [-0.3, -0.25) is 4.79 Å². The molecule has 0 radical (unpaired) electrons. The molecule has 0 atom stereocenters. The van der Waals surface area contributed by atoms with E-state index in [4.69, 9.17) is 0 Å². The number of hydrogen-bond donors (Lipinski definition) is 1. The van der Waals surface area contributed by atoms with Crippen molar-refractivity contribution >= 4 is 23.1 Å². The van der Waals surface area contributed by atoms with Crippen LogP contribution < -0.4 is 10.2 Å². The molecule has 0 unspecified atom stereocenters. The molecule has 0 spiro atoms. The molecule has 1 N–H and O–H groups in total. The molecular formula is C20H15F2N3O. The molecule has 4 nitrogen and oxygen atoms in total. The van der Waals surface area contributed by atoms with Crippen LogP contribution in [0.25, 0.3) is 0 Å². The Hall–Kier alpha value is -3.28. The maximum absolute atomic E-state index is 13.2. The van der Waals surface area contributed by atoms with Crippen LogP contribution in [0.15, 0.2) is 60.8 Å². The number of halogens is 2. The van der Waals surface area contributed by atoms with E-state index in [1.165, 1.54) is 17.8 Å². The van der Waals surface area contributed by atoms with E-state index in [0.29, 0.717) is 5.56 Å². The van der Waals surface area contributed by atoms with E-state index < -0.39 is 17.5 Å². The second-order valence-corrected chi connectivity index (χ2v) is 6.02. The van der Waals surface area contributed by atoms with E-state index in [2.05, 4.69) is 21.3 Å². The number of anilines is 3. The van der Waals surface area contributed by atoms with Crippen molar-refractivity contribution in [2.45, 2.75) is 6.42 Å². The number of carbonyl (C=O) groups excluding carboxylic acids is 1. The first kappa shape index (κ1) is 16.2. The summed E-state index contributed by atoms with van der Waals surface area (Å²) >= 11 is 0. The maximum atomic E-state index is 13.2. The Morgan fingerprint density at radius 2 is 1.88 bits per heavy atom. The summed E-state index contributed by atoms with van der Waals surface area (Å²) in [5, 5.41) is 2.53. The van der Waals surface area contributed by atoms with Crippen molar-refractivity contribution in [3.63, 3.8) is 0 Å². The average molecular weight is 351 g/mol. The number of nitrogens with one attached hydrogen (secondary N) is 1. The molecule has 1 aliphatic heterocycles. The third-order valence-electron chi connectivity index (χ3n) is 4.35. The number of nitrogens with zero attached hydrogens (tertiary/aromatic N) is 2. The number of benzene rings is 2. The van der Waals surface area contributed by atoms with Crippen LogP contribution in [0.3, 0.4) is 0 Å². The molecule has 6 heteroatoms. The number of hydrogen-bond acceptors (Lipinski definition) is 3. The monoisotopic (exact) mass is 351 g/mol. The molecule has 0 fully saturated rings. The van der Waals surface area contributed by atoms with Crippen LogP contribution in [0.4, 0.5) is 26.0 Å². The van der Waals surface area contributed by atoms with E-state index in [0.717, 1.165) is 36.6 Å². The molecule has 3 aromatic rings. The van der Waals surface area contributed by atoms with Crippen molar-refractivity contribution in [2.24, 2.45) is 0 Å². The summed E-state index contributed by atoms with van der Waals surface area (Å²) in [6.07, 6.45) is 2.43. The number of para-hydroxylation sites is 1. The minimum absolute atomic E-state index is 0.187. The highest BCUT2D eigenvalue weighted by Crippen LogP contribution is 2.33. The van der Waals surface area contributed by atoms with Gasteiger partial charge in [0.05, 0.1) is 5.56 Å². The van der Waals surface area contributed by atoms with Crippen LogP contribution in [-0.4, -0.2) is 17.4 Å². The molecule has 130 valence electrons. The Morgan fingerprint density at radius 1 is 1.04 bits per heavy atom. The average Bonchev–Trinajstić information content (AvgIpc) is 3.09. The lowest BCUT2D eigenvalue weighted by atomic mass is 10.2. The number of pyridine rings is 1. The first-order chi connectivity index (χ1) is 12.6. The molecular weight excluding hydrogens is 336 g/mol. The number of amides is 1. The zero-order valence-corrected chi connectivity index (χ0v) is 13.7. The minimum atomic E-state index is -1.01. The van der Waals surface area contributed by atoms with Crippen LogP contribution in [0.2, 0.25) is 0 Å². The fourth-order valence-electron chi connectivity index (χ4n) is 3.03. The second kappa shape index (κ2) is 6.55. The summed E-state index contributed by atoms with van der Waals surface area (Å²) in [6.45, 7) is 0.840. The van der Waals surface area contributed by atoms with Crippen LogP contribution in [-0.2, 0) is 6.42 Å². The number of fused-ring (bicyclic) bond motifs is 1. The van der Waals surface area contributed by atoms with Crippen molar-refractivity contribution in [2.75, 3.05) is 16.8 Å². The van der Waals surface area contributed by atoms with Gasteiger partial charge in [0.15, 0.2) is 11.6 Å². The highest BCUT2D eigenvalue weighted by Gasteiger charge is 2.20. The molecule has 1 aliphatic rings. The van der Waals surface area contributed by atoms with E-state index in [1.807, 2.05) is 18.2 Å². The van der Waals surface area contributed by atoms with Crippen LogP contribution in [0, 0.1) is 11.6 Å². The van der Waals surface area contributed by atoms with Crippen molar-refractivity contribution in [1.29, 1.82) is 0 Å². The van der Waals surface area contributed by atoms with Crippen LogP contribution in [0.1, 0.15) is 15.9 Å². The Labute approximate surface area is 149 Å². The molecule has 2 aromatic carbocycles. The predicted octanol–water partition coefficient (Wildman–Crippen LogP) is 4.31. The Bertz CT molecular complexity index is 973. The van der Waals surface area contributed by atoms with Gasteiger partial charge in [-0.05, 0) is 42.3 Å². The van der Waals surface area contributed by atoms with Gasteiger partial charge < -0.3 is 10.2 Å². The lowest BCUT2D eigenvalue weighted by Gasteiger charge is -2.18. The van der Waals surface area contributed by atoms with Crippen molar-refractivity contribution in [1.82, 2.24) is 4.98 Å². The van der Waals surface area contributed by atoms with Gasteiger partial charge in [-0.15, -0.1) is 0 Å². The molecule has 1 amide bonds. The highest BCUT2D eigenvalue weighted by atomic mass is 19.2. The molecule has 4 rings (SSSR count). The van der Waals surface area contributed by atoms with Gasteiger partial charge in [0.1, 0.15) is 5.82 Å². The van der Waals surface area contributed by atoms with E-state index in [-0.39, 0.29) is 5.69 Å². The zero-order valence-electron chi connectivity index (χ0n) is 13.7. The third-order valence-corrected chi connectivity index (χ3v) is 4.35. The normalized spacial score (nSPS) is 12.8.